The summed E-state index contributed by atoms with van der Waals surface area (Å²) >= 11 is 3.27. The van der Waals surface area contributed by atoms with E-state index in [9.17, 15) is 9.90 Å². The van der Waals surface area contributed by atoms with Crippen molar-refractivity contribution in [1.82, 2.24) is 0 Å². The van der Waals surface area contributed by atoms with Crippen LogP contribution < -0.4 is 10.5 Å². The Balaban J connectivity index is 2.41. The van der Waals surface area contributed by atoms with Gasteiger partial charge in [-0.15, -0.1) is 0 Å². The van der Waals surface area contributed by atoms with Crippen LogP contribution in [0.3, 0.4) is 0 Å². The van der Waals surface area contributed by atoms with Crippen LogP contribution in [0.25, 0.3) is 0 Å². The standard InChI is InChI=1S/C14H12BrNO3/c15-10-5-6-13(11(7-10)14(16)18)19-12-4-2-1-3-9(12)8-17/h1-7,17H,8H2,(H2,16,18). The predicted octanol–water partition coefficient (Wildman–Crippen LogP) is 2.83. The van der Waals surface area contributed by atoms with Crippen molar-refractivity contribution in [3.8, 4) is 11.5 Å². The zero-order valence-corrected chi connectivity index (χ0v) is 11.6. The van der Waals surface area contributed by atoms with E-state index in [-0.39, 0.29) is 12.2 Å². The number of halogens is 1. The summed E-state index contributed by atoms with van der Waals surface area (Å²) in [6, 6.07) is 12.1. The van der Waals surface area contributed by atoms with Crippen LogP contribution in [-0.2, 0) is 6.61 Å². The van der Waals surface area contributed by atoms with Gasteiger partial charge in [0.25, 0.3) is 5.91 Å². The average molecular weight is 322 g/mol. The molecule has 0 saturated carbocycles. The Labute approximate surface area is 118 Å². The summed E-state index contributed by atoms with van der Waals surface area (Å²) in [6.45, 7) is -0.140. The molecule has 3 N–H and O–H groups in total. The largest absolute Gasteiger partial charge is 0.456 e. The Morgan fingerprint density at radius 3 is 2.63 bits per heavy atom. The Morgan fingerprint density at radius 1 is 1.21 bits per heavy atom. The van der Waals surface area contributed by atoms with Crippen molar-refractivity contribution in [3.63, 3.8) is 0 Å². The molecule has 0 aliphatic rings. The molecule has 0 aliphatic heterocycles. The molecule has 2 aromatic rings. The second kappa shape index (κ2) is 5.86. The molecule has 0 unspecified atom stereocenters. The van der Waals surface area contributed by atoms with E-state index >= 15 is 0 Å². The SMILES string of the molecule is NC(=O)c1cc(Br)ccc1Oc1ccccc1CO. The molecule has 0 heterocycles. The number of aliphatic hydroxyl groups is 1. The lowest BCUT2D eigenvalue weighted by molar-refractivity contribution is 0.0998. The number of carbonyl (C=O) groups is 1. The van der Waals surface area contributed by atoms with Crippen LogP contribution >= 0.6 is 15.9 Å². The summed E-state index contributed by atoms with van der Waals surface area (Å²) in [5.74, 6) is 0.282. The van der Waals surface area contributed by atoms with Gasteiger partial charge in [0.2, 0.25) is 0 Å². The quantitative estimate of drug-likeness (QED) is 0.909. The van der Waals surface area contributed by atoms with Crippen molar-refractivity contribution in [3.05, 3.63) is 58.1 Å². The number of hydrogen-bond donors (Lipinski definition) is 2. The predicted molar refractivity (Wildman–Crippen MR) is 75.1 cm³/mol. The first-order valence-corrected chi connectivity index (χ1v) is 6.37. The van der Waals surface area contributed by atoms with Gasteiger partial charge in [0.05, 0.1) is 12.2 Å². The molecule has 4 nitrogen and oxygen atoms in total. The zero-order valence-electron chi connectivity index (χ0n) is 9.97. The minimum Gasteiger partial charge on any atom is -0.456 e. The summed E-state index contributed by atoms with van der Waals surface area (Å²) in [6.07, 6.45) is 0. The molecule has 5 heteroatoms. The molecule has 0 aromatic heterocycles. The van der Waals surface area contributed by atoms with Gasteiger partial charge in [0, 0.05) is 10.0 Å². The summed E-state index contributed by atoms with van der Waals surface area (Å²) in [4.78, 5) is 11.4. The molecule has 2 rings (SSSR count). The maximum atomic E-state index is 11.4. The molecule has 0 bridgehead atoms. The van der Waals surface area contributed by atoms with Gasteiger partial charge in [-0.25, -0.2) is 0 Å². The number of primary amides is 1. The van der Waals surface area contributed by atoms with Gasteiger partial charge in [-0.05, 0) is 24.3 Å². The van der Waals surface area contributed by atoms with Crippen LogP contribution in [0, 0.1) is 0 Å². The Bertz CT molecular complexity index is 613. The maximum Gasteiger partial charge on any atom is 0.252 e. The van der Waals surface area contributed by atoms with Gasteiger partial charge < -0.3 is 15.6 Å². The smallest absolute Gasteiger partial charge is 0.252 e. The molecule has 98 valence electrons. The third-order valence-corrected chi connectivity index (χ3v) is 3.06. The third kappa shape index (κ3) is 3.13. The first kappa shape index (κ1) is 13.6. The molecule has 0 fully saturated rings. The van der Waals surface area contributed by atoms with Crippen LogP contribution in [0.2, 0.25) is 0 Å². The fraction of sp³-hybridized carbons (Fsp3) is 0.0714. The highest BCUT2D eigenvalue weighted by Crippen LogP contribution is 2.29. The van der Waals surface area contributed by atoms with Crippen molar-refractivity contribution in [2.45, 2.75) is 6.61 Å². The Morgan fingerprint density at radius 2 is 1.95 bits per heavy atom. The number of benzene rings is 2. The number of amides is 1. The van der Waals surface area contributed by atoms with Crippen molar-refractivity contribution in [2.75, 3.05) is 0 Å². The number of nitrogens with two attached hydrogens (primary N) is 1. The fourth-order valence-corrected chi connectivity index (χ4v) is 2.00. The van der Waals surface area contributed by atoms with E-state index < -0.39 is 5.91 Å². The van der Waals surface area contributed by atoms with E-state index in [1.165, 1.54) is 0 Å². The van der Waals surface area contributed by atoms with E-state index in [1.54, 1.807) is 42.5 Å². The Hall–Kier alpha value is -1.85. The third-order valence-electron chi connectivity index (χ3n) is 2.57. The lowest BCUT2D eigenvalue weighted by atomic mass is 10.2. The number of ether oxygens (including phenoxy) is 1. The van der Waals surface area contributed by atoms with Gasteiger partial charge in [0.1, 0.15) is 11.5 Å². The highest BCUT2D eigenvalue weighted by atomic mass is 79.9. The van der Waals surface area contributed by atoms with Gasteiger partial charge in [-0.3, -0.25) is 4.79 Å². The number of para-hydroxylation sites is 1. The van der Waals surface area contributed by atoms with Crippen molar-refractivity contribution in [1.29, 1.82) is 0 Å². The highest BCUT2D eigenvalue weighted by Gasteiger charge is 2.12. The monoisotopic (exact) mass is 321 g/mol. The Kier molecular flexibility index (Phi) is 4.19. The first-order valence-electron chi connectivity index (χ1n) is 5.58. The van der Waals surface area contributed by atoms with Crippen LogP contribution in [0.4, 0.5) is 0 Å². The summed E-state index contributed by atoms with van der Waals surface area (Å²) in [5, 5.41) is 9.24. The van der Waals surface area contributed by atoms with Crippen LogP contribution in [0.1, 0.15) is 15.9 Å². The number of carbonyl (C=O) groups excluding carboxylic acids is 1. The minimum absolute atomic E-state index is 0.140. The van der Waals surface area contributed by atoms with E-state index in [2.05, 4.69) is 15.9 Å². The van der Waals surface area contributed by atoms with Gasteiger partial charge in [-0.2, -0.15) is 0 Å². The molecule has 0 saturated heterocycles. The van der Waals surface area contributed by atoms with Crippen LogP contribution in [-0.4, -0.2) is 11.0 Å². The normalized spacial score (nSPS) is 10.2. The first-order chi connectivity index (χ1) is 9.11. The van der Waals surface area contributed by atoms with Crippen molar-refractivity contribution in [2.24, 2.45) is 5.73 Å². The van der Waals surface area contributed by atoms with Crippen LogP contribution in [0.5, 0.6) is 11.5 Å². The van der Waals surface area contributed by atoms with E-state index in [4.69, 9.17) is 10.5 Å². The second-order valence-corrected chi connectivity index (χ2v) is 4.79. The lowest BCUT2D eigenvalue weighted by Gasteiger charge is -2.12. The molecule has 0 radical (unpaired) electrons. The molecular formula is C14H12BrNO3. The molecule has 0 aliphatic carbocycles. The van der Waals surface area contributed by atoms with Gasteiger partial charge in [-0.1, -0.05) is 34.1 Å². The molecule has 0 atom stereocenters. The molecular weight excluding hydrogens is 310 g/mol. The van der Waals surface area contributed by atoms with Gasteiger partial charge >= 0.3 is 0 Å². The van der Waals surface area contributed by atoms with Gasteiger partial charge in [0.15, 0.2) is 0 Å². The second-order valence-electron chi connectivity index (χ2n) is 3.87. The maximum absolute atomic E-state index is 11.4. The fourth-order valence-electron chi connectivity index (χ4n) is 1.64. The summed E-state index contributed by atoms with van der Waals surface area (Å²) < 4.78 is 6.41. The van der Waals surface area contributed by atoms with E-state index in [1.807, 2.05) is 0 Å². The topological polar surface area (TPSA) is 72.6 Å². The van der Waals surface area contributed by atoms with Crippen molar-refractivity contribution >= 4 is 21.8 Å². The number of aliphatic hydroxyl groups excluding tert-OH is 1. The summed E-state index contributed by atoms with van der Waals surface area (Å²) in [5.41, 5.74) is 6.24. The average Bonchev–Trinajstić information content (AvgIpc) is 2.41. The summed E-state index contributed by atoms with van der Waals surface area (Å²) in [7, 11) is 0. The molecule has 2 aromatic carbocycles. The van der Waals surface area contributed by atoms with E-state index in [0.29, 0.717) is 17.1 Å². The minimum atomic E-state index is -0.572. The molecule has 19 heavy (non-hydrogen) atoms. The lowest BCUT2D eigenvalue weighted by Crippen LogP contribution is -2.12. The number of hydrogen-bond acceptors (Lipinski definition) is 3. The number of rotatable bonds is 4. The zero-order chi connectivity index (χ0) is 13.8. The highest BCUT2D eigenvalue weighted by molar-refractivity contribution is 9.10. The molecule has 0 spiro atoms. The van der Waals surface area contributed by atoms with Crippen LogP contribution in [0.15, 0.2) is 46.9 Å². The van der Waals surface area contributed by atoms with E-state index in [0.717, 1.165) is 4.47 Å². The molecule has 1 amide bonds. The van der Waals surface area contributed by atoms with Crippen molar-refractivity contribution < 1.29 is 14.6 Å².